The number of carbonyl (C=O) groups excluding carboxylic acids is 1. The second kappa shape index (κ2) is 8.94. The van der Waals surface area contributed by atoms with Gasteiger partial charge in [-0.15, -0.1) is 11.3 Å². The highest BCUT2D eigenvalue weighted by Crippen LogP contribution is 2.30. The third-order valence-corrected chi connectivity index (χ3v) is 5.24. The van der Waals surface area contributed by atoms with E-state index in [-0.39, 0.29) is 12.3 Å². The predicted molar refractivity (Wildman–Crippen MR) is 117 cm³/mol. The Bertz CT molecular complexity index is 1300. The molecular formula is C21H17N5O5S. The SMILES string of the molecule is Cc1nc(COc2ccccc2C(=O)Nc2nc(-c3ccc(C)c([N+](=O)[O-])c3)cs2)no1. The number of aromatic nitrogens is 3. The zero-order valence-corrected chi connectivity index (χ0v) is 17.9. The van der Waals surface area contributed by atoms with E-state index in [2.05, 4.69) is 20.4 Å². The summed E-state index contributed by atoms with van der Waals surface area (Å²) >= 11 is 1.22. The molecule has 0 aliphatic heterocycles. The third-order valence-electron chi connectivity index (χ3n) is 4.48. The smallest absolute Gasteiger partial charge is 0.272 e. The molecule has 2 heterocycles. The molecule has 11 heteroatoms. The average molecular weight is 451 g/mol. The van der Waals surface area contributed by atoms with Crippen LogP contribution in [0, 0.1) is 24.0 Å². The van der Waals surface area contributed by atoms with Crippen LogP contribution in [-0.2, 0) is 6.61 Å². The fourth-order valence-electron chi connectivity index (χ4n) is 2.92. The van der Waals surface area contributed by atoms with Gasteiger partial charge < -0.3 is 9.26 Å². The molecule has 162 valence electrons. The minimum Gasteiger partial charge on any atom is -0.485 e. The summed E-state index contributed by atoms with van der Waals surface area (Å²) in [7, 11) is 0. The van der Waals surface area contributed by atoms with Crippen LogP contribution in [0.1, 0.15) is 27.6 Å². The molecule has 0 aliphatic rings. The molecule has 0 aliphatic carbocycles. The van der Waals surface area contributed by atoms with Crippen molar-refractivity contribution in [2.45, 2.75) is 20.5 Å². The zero-order chi connectivity index (χ0) is 22.7. The molecule has 1 N–H and O–H groups in total. The van der Waals surface area contributed by atoms with Crippen molar-refractivity contribution in [3.05, 3.63) is 80.8 Å². The Hall–Kier alpha value is -4.12. The summed E-state index contributed by atoms with van der Waals surface area (Å²) < 4.78 is 10.6. The summed E-state index contributed by atoms with van der Waals surface area (Å²) in [5.41, 5.74) is 2.03. The maximum Gasteiger partial charge on any atom is 0.272 e. The molecule has 2 aromatic carbocycles. The average Bonchev–Trinajstić information content (AvgIpc) is 3.41. The second-order valence-corrected chi connectivity index (χ2v) is 7.62. The van der Waals surface area contributed by atoms with E-state index in [1.165, 1.54) is 17.4 Å². The Morgan fingerprint density at radius 3 is 2.78 bits per heavy atom. The number of amides is 1. The van der Waals surface area contributed by atoms with Gasteiger partial charge in [0.1, 0.15) is 5.75 Å². The molecule has 0 saturated heterocycles. The number of nitrogens with zero attached hydrogens (tertiary/aromatic N) is 4. The van der Waals surface area contributed by atoms with Crippen LogP contribution in [0.4, 0.5) is 10.8 Å². The van der Waals surface area contributed by atoms with Crippen LogP contribution in [0.15, 0.2) is 52.4 Å². The molecule has 1 amide bonds. The maximum absolute atomic E-state index is 12.8. The van der Waals surface area contributed by atoms with Crippen molar-refractivity contribution >= 4 is 28.1 Å². The quantitative estimate of drug-likeness (QED) is 0.319. The van der Waals surface area contributed by atoms with Crippen LogP contribution in [0.2, 0.25) is 0 Å². The fraction of sp³-hybridized carbons (Fsp3) is 0.143. The molecule has 0 saturated carbocycles. The van der Waals surface area contributed by atoms with Crippen molar-refractivity contribution < 1.29 is 19.0 Å². The molecule has 0 unspecified atom stereocenters. The van der Waals surface area contributed by atoms with E-state index in [0.717, 1.165) is 0 Å². The van der Waals surface area contributed by atoms with Gasteiger partial charge in [0.05, 0.1) is 16.2 Å². The number of ether oxygens (including phenoxy) is 1. The summed E-state index contributed by atoms with van der Waals surface area (Å²) in [5, 5.41) is 19.8. The molecule has 10 nitrogen and oxygen atoms in total. The lowest BCUT2D eigenvalue weighted by Gasteiger charge is -2.09. The molecule has 0 bridgehead atoms. The number of rotatable bonds is 7. The second-order valence-electron chi connectivity index (χ2n) is 6.76. The number of nitro groups is 1. The lowest BCUT2D eigenvalue weighted by Crippen LogP contribution is -2.13. The van der Waals surface area contributed by atoms with Crippen LogP contribution in [-0.4, -0.2) is 26.0 Å². The van der Waals surface area contributed by atoms with E-state index in [4.69, 9.17) is 9.26 Å². The standard InChI is InChI=1S/C21H17N5O5S/c1-12-7-8-14(9-17(12)26(28)29)16-11-32-21(23-16)24-20(27)15-5-3-4-6-18(15)30-10-19-22-13(2)31-25-19/h3-9,11H,10H2,1-2H3,(H,23,24,27). The highest BCUT2D eigenvalue weighted by molar-refractivity contribution is 7.14. The molecular weight excluding hydrogens is 434 g/mol. The van der Waals surface area contributed by atoms with Crippen LogP contribution in [0.3, 0.4) is 0 Å². The van der Waals surface area contributed by atoms with Gasteiger partial charge in [0, 0.05) is 29.5 Å². The molecule has 0 atom stereocenters. The van der Waals surface area contributed by atoms with Gasteiger partial charge in [-0.05, 0) is 19.1 Å². The van der Waals surface area contributed by atoms with Gasteiger partial charge in [0.25, 0.3) is 11.6 Å². The first kappa shape index (κ1) is 21.1. The highest BCUT2D eigenvalue weighted by atomic mass is 32.1. The van der Waals surface area contributed by atoms with Gasteiger partial charge in [0.2, 0.25) is 11.7 Å². The number of hydrogen-bond donors (Lipinski definition) is 1. The van der Waals surface area contributed by atoms with Crippen LogP contribution in [0.5, 0.6) is 5.75 Å². The van der Waals surface area contributed by atoms with Crippen LogP contribution < -0.4 is 10.1 Å². The summed E-state index contributed by atoms with van der Waals surface area (Å²) in [6.45, 7) is 3.40. The topological polar surface area (TPSA) is 133 Å². The van der Waals surface area contributed by atoms with Gasteiger partial charge in [-0.1, -0.05) is 29.4 Å². The number of carbonyl (C=O) groups is 1. The summed E-state index contributed by atoms with van der Waals surface area (Å²) in [5.74, 6) is 0.752. The Labute approximate surface area is 186 Å². The maximum atomic E-state index is 12.8. The normalized spacial score (nSPS) is 10.7. The molecule has 0 radical (unpaired) electrons. The van der Waals surface area contributed by atoms with E-state index in [1.54, 1.807) is 55.6 Å². The molecule has 0 spiro atoms. The third kappa shape index (κ3) is 4.62. The number of thiazole rings is 1. The number of anilines is 1. The van der Waals surface area contributed by atoms with Gasteiger partial charge in [-0.3, -0.25) is 20.2 Å². The van der Waals surface area contributed by atoms with Gasteiger partial charge >= 0.3 is 0 Å². The minimum absolute atomic E-state index is 0.0176. The minimum atomic E-state index is -0.430. The number of para-hydroxylation sites is 1. The molecule has 4 aromatic rings. The Kier molecular flexibility index (Phi) is 5.90. The fourth-order valence-corrected chi connectivity index (χ4v) is 3.63. The van der Waals surface area contributed by atoms with Crippen LogP contribution in [0.25, 0.3) is 11.3 Å². The summed E-state index contributed by atoms with van der Waals surface area (Å²) in [4.78, 5) is 32.0. The predicted octanol–water partition coefficient (Wildman–Crippen LogP) is 4.55. The lowest BCUT2D eigenvalue weighted by molar-refractivity contribution is -0.385. The first-order chi connectivity index (χ1) is 15.4. The van der Waals surface area contributed by atoms with E-state index in [9.17, 15) is 14.9 Å². The van der Waals surface area contributed by atoms with Gasteiger partial charge in [0.15, 0.2) is 11.7 Å². The number of benzene rings is 2. The summed E-state index contributed by atoms with van der Waals surface area (Å²) in [6.07, 6.45) is 0. The number of nitro benzene ring substituents is 1. The first-order valence-corrected chi connectivity index (χ1v) is 10.3. The van der Waals surface area contributed by atoms with E-state index in [1.807, 2.05) is 0 Å². The van der Waals surface area contributed by atoms with E-state index >= 15 is 0 Å². The van der Waals surface area contributed by atoms with Crippen molar-refractivity contribution in [2.24, 2.45) is 0 Å². The molecule has 4 rings (SSSR count). The van der Waals surface area contributed by atoms with E-state index in [0.29, 0.717) is 45.0 Å². The van der Waals surface area contributed by atoms with Gasteiger partial charge in [-0.25, -0.2) is 4.98 Å². The van der Waals surface area contributed by atoms with Crippen LogP contribution >= 0.6 is 11.3 Å². The van der Waals surface area contributed by atoms with Crippen molar-refractivity contribution in [3.8, 4) is 17.0 Å². The van der Waals surface area contributed by atoms with Crippen molar-refractivity contribution in [1.29, 1.82) is 0 Å². The van der Waals surface area contributed by atoms with E-state index < -0.39 is 10.8 Å². The molecule has 32 heavy (non-hydrogen) atoms. The number of nitrogens with one attached hydrogen (secondary N) is 1. The Balaban J connectivity index is 1.49. The monoisotopic (exact) mass is 451 g/mol. The number of hydrogen-bond acceptors (Lipinski definition) is 9. The number of aryl methyl sites for hydroxylation is 2. The first-order valence-electron chi connectivity index (χ1n) is 9.44. The largest absolute Gasteiger partial charge is 0.485 e. The molecule has 0 fully saturated rings. The summed E-state index contributed by atoms with van der Waals surface area (Å²) in [6, 6.07) is 11.7. The Morgan fingerprint density at radius 1 is 1.22 bits per heavy atom. The highest BCUT2D eigenvalue weighted by Gasteiger charge is 2.17. The van der Waals surface area contributed by atoms with Crippen molar-refractivity contribution in [3.63, 3.8) is 0 Å². The Morgan fingerprint density at radius 2 is 2.03 bits per heavy atom. The zero-order valence-electron chi connectivity index (χ0n) is 17.1. The van der Waals surface area contributed by atoms with Gasteiger partial charge in [-0.2, -0.15) is 4.98 Å². The van der Waals surface area contributed by atoms with Crippen molar-refractivity contribution in [1.82, 2.24) is 15.1 Å². The molecule has 2 aromatic heterocycles. The van der Waals surface area contributed by atoms with Crippen molar-refractivity contribution in [2.75, 3.05) is 5.32 Å². The lowest BCUT2D eigenvalue weighted by atomic mass is 10.1.